The second-order valence-electron chi connectivity index (χ2n) is 10.1. The summed E-state index contributed by atoms with van der Waals surface area (Å²) in [6.07, 6.45) is 8.67. The van der Waals surface area contributed by atoms with Gasteiger partial charge in [0.15, 0.2) is 0 Å². The Kier molecular flexibility index (Phi) is 7.31. The molecule has 0 aromatic heterocycles. The fourth-order valence-electron chi connectivity index (χ4n) is 5.31. The highest BCUT2D eigenvalue weighted by Crippen LogP contribution is 2.46. The number of aliphatic hydroxyl groups is 1. The van der Waals surface area contributed by atoms with Crippen molar-refractivity contribution in [3.05, 3.63) is 63.6 Å². The zero-order valence-corrected chi connectivity index (χ0v) is 20.7. The topological polar surface area (TPSA) is 35.8 Å². The molecular formula is C27H34Cl2N2O. The van der Waals surface area contributed by atoms with Gasteiger partial charge in [-0.3, -0.25) is 4.99 Å². The molecule has 2 aromatic rings. The molecule has 3 nitrogen and oxygen atoms in total. The fraction of sp³-hybridized carbons (Fsp3) is 0.519. The van der Waals surface area contributed by atoms with Crippen molar-refractivity contribution in [3.63, 3.8) is 0 Å². The van der Waals surface area contributed by atoms with Crippen molar-refractivity contribution >= 4 is 35.1 Å². The van der Waals surface area contributed by atoms with Gasteiger partial charge < -0.3 is 10.0 Å². The summed E-state index contributed by atoms with van der Waals surface area (Å²) in [6.45, 7) is 7.26. The molecule has 0 radical (unpaired) electrons. The van der Waals surface area contributed by atoms with Crippen molar-refractivity contribution in [2.45, 2.75) is 58.0 Å². The van der Waals surface area contributed by atoms with E-state index in [4.69, 9.17) is 28.2 Å². The minimum absolute atomic E-state index is 0.222. The largest absolute Gasteiger partial charge is 0.385 e. The minimum atomic E-state index is -0.817. The molecule has 172 valence electrons. The van der Waals surface area contributed by atoms with Crippen LogP contribution in [0.25, 0.3) is 0 Å². The molecule has 0 amide bonds. The number of aliphatic imine (C=N–C) groups is 1. The van der Waals surface area contributed by atoms with Gasteiger partial charge in [0, 0.05) is 34.8 Å². The second kappa shape index (κ2) is 9.85. The van der Waals surface area contributed by atoms with Crippen LogP contribution in [0.5, 0.6) is 0 Å². The second-order valence-corrected chi connectivity index (χ2v) is 11.0. The third-order valence-electron chi connectivity index (χ3n) is 7.41. The van der Waals surface area contributed by atoms with Crippen LogP contribution in [0.3, 0.4) is 0 Å². The number of halogens is 2. The molecule has 0 spiro atoms. The molecule has 0 saturated carbocycles. The summed E-state index contributed by atoms with van der Waals surface area (Å²) in [4.78, 5) is 7.23. The molecule has 4 rings (SSSR count). The summed E-state index contributed by atoms with van der Waals surface area (Å²) in [6, 6.07) is 13.7. The van der Waals surface area contributed by atoms with E-state index in [9.17, 15) is 5.11 Å². The average Bonchev–Trinajstić information content (AvgIpc) is 2.96. The number of rotatable bonds is 6. The highest BCUT2D eigenvalue weighted by Gasteiger charge is 2.48. The van der Waals surface area contributed by atoms with E-state index in [1.54, 1.807) is 0 Å². The van der Waals surface area contributed by atoms with Gasteiger partial charge >= 0.3 is 0 Å². The molecule has 1 N–H and O–H groups in total. The molecular weight excluding hydrogens is 439 g/mol. The van der Waals surface area contributed by atoms with Crippen LogP contribution in [0.1, 0.15) is 57.1 Å². The molecule has 0 bridgehead atoms. The first-order valence-corrected chi connectivity index (χ1v) is 12.6. The molecule has 1 fully saturated rings. The summed E-state index contributed by atoms with van der Waals surface area (Å²) in [7, 11) is 0. The average molecular weight is 473 g/mol. The van der Waals surface area contributed by atoms with E-state index in [1.807, 2.05) is 36.4 Å². The number of unbranched alkanes of at least 4 members (excludes halogenated alkanes) is 1. The molecule has 2 heterocycles. The van der Waals surface area contributed by atoms with Crippen LogP contribution in [0.2, 0.25) is 10.0 Å². The van der Waals surface area contributed by atoms with E-state index in [-0.39, 0.29) is 5.41 Å². The number of aryl methyl sites for hydroxylation is 1. The molecule has 0 aliphatic carbocycles. The summed E-state index contributed by atoms with van der Waals surface area (Å²) in [5.41, 5.74) is 2.27. The molecule has 32 heavy (non-hydrogen) atoms. The summed E-state index contributed by atoms with van der Waals surface area (Å²) < 4.78 is 0. The number of piperidine rings is 1. The van der Waals surface area contributed by atoms with E-state index in [2.05, 4.69) is 31.0 Å². The smallest absolute Gasteiger partial charge is 0.0971 e. The van der Waals surface area contributed by atoms with Crippen LogP contribution in [-0.4, -0.2) is 35.9 Å². The number of benzene rings is 2. The van der Waals surface area contributed by atoms with Crippen molar-refractivity contribution in [2.75, 3.05) is 19.6 Å². The first-order valence-electron chi connectivity index (χ1n) is 11.8. The lowest BCUT2D eigenvalue weighted by Gasteiger charge is -2.50. The van der Waals surface area contributed by atoms with Gasteiger partial charge in [0.05, 0.1) is 11.3 Å². The van der Waals surface area contributed by atoms with E-state index in [0.717, 1.165) is 55.2 Å². The SMILES string of the molecule is CC1(C)CN(CCCCC2C=Nc3cc(Cl)ccc3CC2)CCC1(O)c1ccc(Cl)cc1. The Balaban J connectivity index is 1.25. The third kappa shape index (κ3) is 5.22. The van der Waals surface area contributed by atoms with Crippen molar-refractivity contribution < 1.29 is 5.11 Å². The maximum Gasteiger partial charge on any atom is 0.0971 e. The van der Waals surface area contributed by atoms with E-state index >= 15 is 0 Å². The Morgan fingerprint density at radius 2 is 1.81 bits per heavy atom. The Morgan fingerprint density at radius 1 is 1.06 bits per heavy atom. The van der Waals surface area contributed by atoms with Crippen molar-refractivity contribution in [1.29, 1.82) is 0 Å². The predicted octanol–water partition coefficient (Wildman–Crippen LogP) is 7.05. The predicted molar refractivity (Wildman–Crippen MR) is 135 cm³/mol. The number of hydrogen-bond donors (Lipinski definition) is 1. The van der Waals surface area contributed by atoms with Gasteiger partial charge in [-0.1, -0.05) is 61.7 Å². The van der Waals surface area contributed by atoms with Crippen LogP contribution in [0.15, 0.2) is 47.5 Å². The van der Waals surface area contributed by atoms with E-state index in [0.29, 0.717) is 10.9 Å². The lowest BCUT2D eigenvalue weighted by Crippen LogP contribution is -2.55. The first-order chi connectivity index (χ1) is 15.3. The molecule has 2 aromatic carbocycles. The minimum Gasteiger partial charge on any atom is -0.385 e. The monoisotopic (exact) mass is 472 g/mol. The zero-order valence-electron chi connectivity index (χ0n) is 19.2. The van der Waals surface area contributed by atoms with Crippen molar-refractivity contribution in [2.24, 2.45) is 16.3 Å². The highest BCUT2D eigenvalue weighted by atomic mass is 35.5. The maximum absolute atomic E-state index is 11.5. The zero-order chi connectivity index (χ0) is 22.8. The Morgan fingerprint density at radius 3 is 2.56 bits per heavy atom. The normalized spacial score (nSPS) is 25.3. The summed E-state index contributed by atoms with van der Waals surface area (Å²) in [5.74, 6) is 0.536. The maximum atomic E-state index is 11.5. The van der Waals surface area contributed by atoms with Gasteiger partial charge in [-0.2, -0.15) is 0 Å². The molecule has 5 heteroatoms. The quantitative estimate of drug-likeness (QED) is 0.457. The highest BCUT2D eigenvalue weighted by molar-refractivity contribution is 6.31. The molecule has 2 aliphatic heterocycles. The van der Waals surface area contributed by atoms with Crippen LogP contribution < -0.4 is 0 Å². The molecule has 2 aliphatic rings. The standard InChI is InChI=1S/C27H34Cl2N2O/c1-26(2)19-31(16-14-27(26,32)22-9-12-23(28)13-10-22)15-4-3-5-20-6-7-21-8-11-24(29)17-25(21)30-18-20/h8-13,17-18,20,32H,3-7,14-16,19H2,1-2H3. The van der Waals surface area contributed by atoms with Crippen LogP contribution in [0.4, 0.5) is 5.69 Å². The lowest BCUT2D eigenvalue weighted by molar-refractivity contribution is -0.125. The third-order valence-corrected chi connectivity index (χ3v) is 7.89. The van der Waals surface area contributed by atoms with Crippen LogP contribution >= 0.6 is 23.2 Å². The van der Waals surface area contributed by atoms with Gasteiger partial charge in [0.25, 0.3) is 0 Å². The van der Waals surface area contributed by atoms with Gasteiger partial charge in [-0.15, -0.1) is 0 Å². The number of hydrogen-bond acceptors (Lipinski definition) is 3. The number of fused-ring (bicyclic) bond motifs is 1. The van der Waals surface area contributed by atoms with E-state index in [1.165, 1.54) is 24.8 Å². The Labute approximate surface area is 202 Å². The lowest BCUT2D eigenvalue weighted by atomic mass is 9.66. The van der Waals surface area contributed by atoms with Gasteiger partial charge in [-0.05, 0) is 80.0 Å². The molecule has 2 atom stereocenters. The van der Waals surface area contributed by atoms with E-state index < -0.39 is 5.60 Å². The summed E-state index contributed by atoms with van der Waals surface area (Å²) >= 11 is 12.2. The molecule has 2 unspecified atom stereocenters. The first kappa shape index (κ1) is 23.8. The van der Waals surface area contributed by atoms with Gasteiger partial charge in [0.1, 0.15) is 0 Å². The van der Waals surface area contributed by atoms with Gasteiger partial charge in [0.2, 0.25) is 0 Å². The van der Waals surface area contributed by atoms with Crippen LogP contribution in [-0.2, 0) is 12.0 Å². The Bertz CT molecular complexity index is 957. The fourth-order valence-corrected chi connectivity index (χ4v) is 5.60. The summed E-state index contributed by atoms with van der Waals surface area (Å²) in [5, 5.41) is 13.0. The van der Waals surface area contributed by atoms with Gasteiger partial charge in [-0.25, -0.2) is 0 Å². The van der Waals surface area contributed by atoms with Crippen molar-refractivity contribution in [1.82, 2.24) is 4.90 Å². The number of likely N-dealkylation sites (tertiary alicyclic amines) is 1. The van der Waals surface area contributed by atoms with Crippen molar-refractivity contribution in [3.8, 4) is 0 Å². The van der Waals surface area contributed by atoms with Crippen LogP contribution in [0, 0.1) is 11.3 Å². The number of nitrogens with zero attached hydrogens (tertiary/aromatic N) is 2. The molecule has 1 saturated heterocycles. The Hall–Kier alpha value is -1.39.